The SMILES string of the molecule is CC(=O)OC(OC(C)C)C(OC(C)C)(C(C)=O)C(C)=O. The zero-order valence-corrected chi connectivity index (χ0v) is 13.2. The molecule has 0 saturated heterocycles. The third kappa shape index (κ3) is 4.68. The maximum Gasteiger partial charge on any atom is 0.305 e. The number of ether oxygens (including phenoxy) is 3. The third-order valence-electron chi connectivity index (χ3n) is 2.47. The van der Waals surface area contributed by atoms with Crippen LogP contribution in [0.5, 0.6) is 0 Å². The molecule has 0 rings (SSSR count). The Morgan fingerprint density at radius 3 is 1.55 bits per heavy atom. The van der Waals surface area contributed by atoms with Crippen LogP contribution in [0.3, 0.4) is 0 Å². The maximum atomic E-state index is 12.0. The van der Waals surface area contributed by atoms with E-state index in [0.29, 0.717) is 0 Å². The third-order valence-corrected chi connectivity index (χ3v) is 2.47. The topological polar surface area (TPSA) is 78.9 Å². The number of hydrogen-bond donors (Lipinski definition) is 0. The Kier molecular flexibility index (Phi) is 7.02. The molecule has 0 aromatic heterocycles. The Morgan fingerprint density at radius 2 is 1.30 bits per heavy atom. The summed E-state index contributed by atoms with van der Waals surface area (Å²) in [6.07, 6.45) is -2.18. The highest BCUT2D eigenvalue weighted by molar-refractivity contribution is 6.09. The molecule has 0 aromatic rings. The summed E-state index contributed by atoms with van der Waals surface area (Å²) >= 11 is 0. The first-order valence-corrected chi connectivity index (χ1v) is 6.56. The van der Waals surface area contributed by atoms with Crippen LogP contribution in [0.15, 0.2) is 0 Å². The molecule has 6 heteroatoms. The predicted molar refractivity (Wildman–Crippen MR) is 72.1 cm³/mol. The van der Waals surface area contributed by atoms with Crippen molar-refractivity contribution in [1.82, 2.24) is 0 Å². The molecular weight excluding hydrogens is 264 g/mol. The van der Waals surface area contributed by atoms with Crippen molar-refractivity contribution in [2.75, 3.05) is 0 Å². The number of ketones is 2. The van der Waals surface area contributed by atoms with E-state index in [2.05, 4.69) is 0 Å². The molecule has 1 unspecified atom stereocenters. The predicted octanol–water partition coefficient (Wildman–Crippen LogP) is 1.64. The normalized spacial score (nSPS) is 13.4. The largest absolute Gasteiger partial charge is 0.432 e. The number of Topliss-reactive ketones (excluding diaryl/α,β-unsaturated/α-hetero) is 2. The summed E-state index contributed by atoms with van der Waals surface area (Å²) in [4.78, 5) is 35.3. The van der Waals surface area contributed by atoms with Gasteiger partial charge in [0.25, 0.3) is 0 Å². The van der Waals surface area contributed by atoms with Crippen LogP contribution in [0.1, 0.15) is 48.5 Å². The summed E-state index contributed by atoms with van der Waals surface area (Å²) < 4.78 is 16.0. The van der Waals surface area contributed by atoms with Crippen molar-refractivity contribution < 1.29 is 28.6 Å². The molecule has 0 aliphatic carbocycles. The van der Waals surface area contributed by atoms with E-state index in [1.54, 1.807) is 27.7 Å². The van der Waals surface area contributed by atoms with Crippen molar-refractivity contribution >= 4 is 17.5 Å². The first kappa shape index (κ1) is 18.7. The Labute approximate surface area is 119 Å². The average Bonchev–Trinajstić information content (AvgIpc) is 2.22. The molecule has 0 N–H and O–H groups in total. The van der Waals surface area contributed by atoms with Crippen LogP contribution < -0.4 is 0 Å². The van der Waals surface area contributed by atoms with Gasteiger partial charge in [0.05, 0.1) is 12.2 Å². The van der Waals surface area contributed by atoms with Crippen LogP contribution in [0.2, 0.25) is 0 Å². The van der Waals surface area contributed by atoms with Crippen LogP contribution in [0, 0.1) is 0 Å². The number of hydrogen-bond acceptors (Lipinski definition) is 6. The lowest BCUT2D eigenvalue weighted by Crippen LogP contribution is -2.60. The van der Waals surface area contributed by atoms with Gasteiger partial charge in [-0.3, -0.25) is 14.4 Å². The summed E-state index contributed by atoms with van der Waals surface area (Å²) in [5.41, 5.74) is -1.94. The highest BCUT2D eigenvalue weighted by Gasteiger charge is 2.53. The molecular formula is C14H24O6. The lowest BCUT2D eigenvalue weighted by molar-refractivity contribution is -0.249. The summed E-state index contributed by atoms with van der Waals surface area (Å²) in [5.74, 6) is -1.79. The number of carbonyl (C=O) groups is 3. The zero-order valence-electron chi connectivity index (χ0n) is 13.2. The number of esters is 1. The van der Waals surface area contributed by atoms with Crippen LogP contribution in [0.25, 0.3) is 0 Å². The number of rotatable bonds is 8. The summed E-state index contributed by atoms with van der Waals surface area (Å²) in [6.45, 7) is 10.4. The minimum absolute atomic E-state index is 0.354. The highest BCUT2D eigenvalue weighted by atomic mass is 16.7. The minimum Gasteiger partial charge on any atom is -0.432 e. The molecule has 0 saturated carbocycles. The van der Waals surface area contributed by atoms with E-state index in [4.69, 9.17) is 14.2 Å². The van der Waals surface area contributed by atoms with E-state index in [1.807, 2.05) is 0 Å². The van der Waals surface area contributed by atoms with Gasteiger partial charge < -0.3 is 14.2 Å². The second kappa shape index (κ2) is 7.50. The fourth-order valence-corrected chi connectivity index (χ4v) is 1.78. The Balaban J connectivity index is 5.76. The van der Waals surface area contributed by atoms with Gasteiger partial charge in [0.15, 0.2) is 11.6 Å². The van der Waals surface area contributed by atoms with Crippen LogP contribution in [-0.2, 0) is 28.6 Å². The second-order valence-corrected chi connectivity index (χ2v) is 5.14. The minimum atomic E-state index is -1.94. The Bertz CT molecular complexity index is 358. The van der Waals surface area contributed by atoms with Gasteiger partial charge in [0.1, 0.15) is 0 Å². The second-order valence-electron chi connectivity index (χ2n) is 5.14. The average molecular weight is 288 g/mol. The zero-order chi connectivity index (χ0) is 16.1. The lowest BCUT2D eigenvalue weighted by atomic mass is 9.92. The van der Waals surface area contributed by atoms with Crippen molar-refractivity contribution in [2.24, 2.45) is 0 Å². The molecule has 0 heterocycles. The molecule has 6 nitrogen and oxygen atoms in total. The van der Waals surface area contributed by atoms with Gasteiger partial charge in [-0.1, -0.05) is 0 Å². The van der Waals surface area contributed by atoms with Crippen molar-refractivity contribution in [3.05, 3.63) is 0 Å². The molecule has 1 atom stereocenters. The molecule has 0 amide bonds. The molecule has 0 aliphatic rings. The first-order chi connectivity index (χ1) is 9.03. The summed E-state index contributed by atoms with van der Waals surface area (Å²) in [6, 6.07) is 0. The quantitative estimate of drug-likeness (QED) is 0.384. The molecule has 116 valence electrons. The Morgan fingerprint density at radius 1 is 0.850 bits per heavy atom. The van der Waals surface area contributed by atoms with Gasteiger partial charge in [-0.05, 0) is 41.5 Å². The van der Waals surface area contributed by atoms with Crippen molar-refractivity contribution in [3.63, 3.8) is 0 Å². The maximum absolute atomic E-state index is 12.0. The highest BCUT2D eigenvalue weighted by Crippen LogP contribution is 2.26. The van der Waals surface area contributed by atoms with Crippen molar-refractivity contribution in [3.8, 4) is 0 Å². The molecule has 0 spiro atoms. The van der Waals surface area contributed by atoms with Crippen molar-refractivity contribution in [2.45, 2.75) is 72.6 Å². The van der Waals surface area contributed by atoms with E-state index in [-0.39, 0.29) is 6.10 Å². The van der Waals surface area contributed by atoms with E-state index < -0.39 is 35.5 Å². The monoisotopic (exact) mass is 288 g/mol. The summed E-state index contributed by atoms with van der Waals surface area (Å²) in [7, 11) is 0. The van der Waals surface area contributed by atoms with Gasteiger partial charge in [0, 0.05) is 6.92 Å². The Hall–Kier alpha value is -1.27. The van der Waals surface area contributed by atoms with E-state index in [9.17, 15) is 14.4 Å². The standard InChI is InChI=1S/C14H24O6/c1-8(2)18-13(19-12(7)17)14(10(5)15,11(6)16)20-9(3)4/h8-9,13H,1-7H3. The van der Waals surface area contributed by atoms with Gasteiger partial charge in [0.2, 0.25) is 11.9 Å². The van der Waals surface area contributed by atoms with Crippen molar-refractivity contribution in [1.29, 1.82) is 0 Å². The van der Waals surface area contributed by atoms with Gasteiger partial charge in [-0.2, -0.15) is 0 Å². The van der Waals surface area contributed by atoms with E-state index >= 15 is 0 Å². The summed E-state index contributed by atoms with van der Waals surface area (Å²) in [5, 5.41) is 0. The molecule has 0 aliphatic heterocycles. The molecule has 0 radical (unpaired) electrons. The first-order valence-electron chi connectivity index (χ1n) is 6.56. The molecule has 0 bridgehead atoms. The van der Waals surface area contributed by atoms with Gasteiger partial charge in [-0.15, -0.1) is 0 Å². The van der Waals surface area contributed by atoms with Crippen LogP contribution in [-0.4, -0.2) is 41.6 Å². The van der Waals surface area contributed by atoms with Gasteiger partial charge >= 0.3 is 5.97 Å². The van der Waals surface area contributed by atoms with Crippen LogP contribution in [0.4, 0.5) is 0 Å². The van der Waals surface area contributed by atoms with E-state index in [1.165, 1.54) is 20.8 Å². The molecule has 0 aromatic carbocycles. The smallest absolute Gasteiger partial charge is 0.305 e. The lowest BCUT2D eigenvalue weighted by Gasteiger charge is -2.37. The molecule has 0 fully saturated rings. The molecule has 20 heavy (non-hydrogen) atoms. The number of carbonyl (C=O) groups excluding carboxylic acids is 3. The van der Waals surface area contributed by atoms with Gasteiger partial charge in [-0.25, -0.2) is 0 Å². The van der Waals surface area contributed by atoms with Crippen LogP contribution >= 0.6 is 0 Å². The fourth-order valence-electron chi connectivity index (χ4n) is 1.78. The van der Waals surface area contributed by atoms with E-state index in [0.717, 1.165) is 0 Å². The fraction of sp³-hybridized carbons (Fsp3) is 0.786.